The van der Waals surface area contributed by atoms with Gasteiger partial charge < -0.3 is 14.5 Å². The molecule has 0 spiro atoms. The van der Waals surface area contributed by atoms with Crippen LogP contribution in [0, 0.1) is 5.82 Å². The van der Waals surface area contributed by atoms with E-state index in [0.717, 1.165) is 25.9 Å². The molecule has 2 aliphatic heterocycles. The number of rotatable bonds is 9. The Kier molecular flexibility index (Phi) is 7.39. The number of unbranched alkanes of at least 4 members (excludes halogenated alkanes) is 1. The summed E-state index contributed by atoms with van der Waals surface area (Å²) < 4.78 is 19.0. The summed E-state index contributed by atoms with van der Waals surface area (Å²) in [6.07, 6.45) is 2.68. The van der Waals surface area contributed by atoms with E-state index in [-0.39, 0.29) is 17.6 Å². The van der Waals surface area contributed by atoms with E-state index in [9.17, 15) is 14.0 Å². The number of likely N-dealkylation sites (N-methyl/N-ethyl adjacent to an activating group) is 1. The monoisotopic (exact) mass is 403 g/mol. The quantitative estimate of drug-likeness (QED) is 0.468. The molecule has 7 heteroatoms. The minimum absolute atomic E-state index is 0.257. The third-order valence-corrected chi connectivity index (χ3v) is 5.41. The summed E-state index contributed by atoms with van der Waals surface area (Å²) in [5.41, 5.74) is 1.41. The van der Waals surface area contributed by atoms with Crippen LogP contribution in [0.5, 0.6) is 0 Å². The van der Waals surface area contributed by atoms with Gasteiger partial charge in [0, 0.05) is 45.9 Å². The van der Waals surface area contributed by atoms with E-state index in [1.807, 2.05) is 11.9 Å². The molecule has 0 bridgehead atoms. The molecule has 0 radical (unpaired) electrons. The van der Waals surface area contributed by atoms with Crippen molar-refractivity contribution < 1.29 is 18.7 Å². The second kappa shape index (κ2) is 9.98. The van der Waals surface area contributed by atoms with Gasteiger partial charge in [-0.3, -0.25) is 14.5 Å². The lowest BCUT2D eigenvalue weighted by Gasteiger charge is -2.34. The predicted octanol–water partition coefficient (Wildman–Crippen LogP) is 2.36. The first-order chi connectivity index (χ1) is 14.0. The number of carbonyl (C=O) groups is 2. The Morgan fingerprint density at radius 3 is 2.28 bits per heavy atom. The molecule has 0 N–H and O–H groups in total. The molecule has 1 saturated heterocycles. The first kappa shape index (κ1) is 21.5. The molecule has 1 aromatic carbocycles. The Labute approximate surface area is 171 Å². The second-order valence-electron chi connectivity index (χ2n) is 7.60. The molecule has 3 rings (SSSR count). The smallest absolute Gasteiger partial charge is 0.277 e. The van der Waals surface area contributed by atoms with Crippen LogP contribution in [0.2, 0.25) is 0 Å². The maximum atomic E-state index is 13.4. The molecule has 0 saturated carbocycles. The highest BCUT2D eigenvalue weighted by molar-refractivity contribution is 6.35. The van der Waals surface area contributed by atoms with Gasteiger partial charge in [-0.2, -0.15) is 0 Å². The Hall–Kier alpha value is -2.25. The third-order valence-electron chi connectivity index (χ3n) is 5.41. The summed E-state index contributed by atoms with van der Waals surface area (Å²) in [7, 11) is 2.04. The summed E-state index contributed by atoms with van der Waals surface area (Å²) in [5, 5.41) is 0. The molecular formula is C22H30FN3O3. The van der Waals surface area contributed by atoms with Crippen molar-refractivity contribution in [2.75, 3.05) is 53.0 Å². The SMILES string of the molecule is CCCCOCCCN1C(=O)C(c2ccc(F)cc2)=C(N2CCN(C)CC2)C1=O. The van der Waals surface area contributed by atoms with Crippen molar-refractivity contribution in [3.05, 3.63) is 41.3 Å². The first-order valence-corrected chi connectivity index (χ1v) is 10.4. The molecule has 0 atom stereocenters. The average Bonchev–Trinajstić information content (AvgIpc) is 2.96. The van der Waals surface area contributed by atoms with Crippen LogP contribution in [-0.2, 0) is 14.3 Å². The number of halogens is 1. The predicted molar refractivity (Wildman–Crippen MR) is 109 cm³/mol. The zero-order valence-corrected chi connectivity index (χ0v) is 17.3. The fraction of sp³-hybridized carbons (Fsp3) is 0.545. The van der Waals surface area contributed by atoms with E-state index in [1.165, 1.54) is 17.0 Å². The summed E-state index contributed by atoms with van der Waals surface area (Å²) in [6, 6.07) is 5.80. The Morgan fingerprint density at radius 2 is 1.62 bits per heavy atom. The van der Waals surface area contributed by atoms with Crippen molar-refractivity contribution in [2.45, 2.75) is 26.2 Å². The fourth-order valence-electron chi connectivity index (χ4n) is 3.64. The van der Waals surface area contributed by atoms with E-state index in [2.05, 4.69) is 11.8 Å². The largest absolute Gasteiger partial charge is 0.381 e. The summed E-state index contributed by atoms with van der Waals surface area (Å²) in [4.78, 5) is 31.9. The van der Waals surface area contributed by atoms with Crippen LogP contribution in [0.15, 0.2) is 30.0 Å². The minimum Gasteiger partial charge on any atom is -0.381 e. The Morgan fingerprint density at radius 1 is 0.966 bits per heavy atom. The Balaban J connectivity index is 1.78. The number of ether oxygens (including phenoxy) is 1. The topological polar surface area (TPSA) is 53.1 Å². The van der Waals surface area contributed by atoms with Crippen LogP contribution in [0.1, 0.15) is 31.7 Å². The van der Waals surface area contributed by atoms with Gasteiger partial charge in [-0.05, 0) is 37.6 Å². The average molecular weight is 403 g/mol. The molecule has 2 heterocycles. The number of carbonyl (C=O) groups excluding carboxylic acids is 2. The van der Waals surface area contributed by atoms with E-state index >= 15 is 0 Å². The standard InChI is InChI=1S/C22H30FN3O3/c1-3-4-15-29-16-5-10-26-21(27)19(17-6-8-18(23)9-7-17)20(22(26)28)25-13-11-24(2)12-14-25/h6-9H,3-5,10-16H2,1-2H3. The highest BCUT2D eigenvalue weighted by atomic mass is 19.1. The van der Waals surface area contributed by atoms with Gasteiger partial charge in [0.25, 0.3) is 11.8 Å². The van der Waals surface area contributed by atoms with E-state index in [0.29, 0.717) is 56.1 Å². The van der Waals surface area contributed by atoms with Gasteiger partial charge >= 0.3 is 0 Å². The Bertz CT molecular complexity index is 755. The van der Waals surface area contributed by atoms with Crippen LogP contribution >= 0.6 is 0 Å². The van der Waals surface area contributed by atoms with Crippen LogP contribution in [-0.4, -0.2) is 79.5 Å². The number of nitrogens with zero attached hydrogens (tertiary/aromatic N) is 3. The zero-order chi connectivity index (χ0) is 20.8. The van der Waals surface area contributed by atoms with Gasteiger partial charge in [0.1, 0.15) is 11.5 Å². The molecule has 158 valence electrons. The number of hydrogen-bond donors (Lipinski definition) is 0. The number of imide groups is 1. The van der Waals surface area contributed by atoms with Crippen LogP contribution < -0.4 is 0 Å². The molecule has 1 aromatic rings. The van der Waals surface area contributed by atoms with Crippen LogP contribution in [0.3, 0.4) is 0 Å². The fourth-order valence-corrected chi connectivity index (χ4v) is 3.64. The van der Waals surface area contributed by atoms with Crippen molar-refractivity contribution >= 4 is 17.4 Å². The summed E-state index contributed by atoms with van der Waals surface area (Å²) in [6.45, 7) is 6.67. The van der Waals surface area contributed by atoms with Gasteiger partial charge in [-0.1, -0.05) is 25.5 Å². The normalized spacial score (nSPS) is 18.3. The number of benzene rings is 1. The summed E-state index contributed by atoms with van der Waals surface area (Å²) >= 11 is 0. The maximum absolute atomic E-state index is 13.4. The molecule has 0 aromatic heterocycles. The molecule has 0 aliphatic carbocycles. The summed E-state index contributed by atoms with van der Waals surface area (Å²) in [5.74, 6) is -0.926. The maximum Gasteiger partial charge on any atom is 0.277 e. The van der Waals surface area contributed by atoms with Gasteiger partial charge in [0.15, 0.2) is 0 Å². The molecule has 6 nitrogen and oxygen atoms in total. The molecule has 2 amide bonds. The third kappa shape index (κ3) is 5.03. The highest BCUT2D eigenvalue weighted by Gasteiger charge is 2.41. The van der Waals surface area contributed by atoms with E-state index in [1.54, 1.807) is 12.1 Å². The van der Waals surface area contributed by atoms with Crippen LogP contribution in [0.4, 0.5) is 4.39 Å². The van der Waals surface area contributed by atoms with E-state index in [4.69, 9.17) is 4.74 Å². The lowest BCUT2D eigenvalue weighted by atomic mass is 10.0. The van der Waals surface area contributed by atoms with Gasteiger partial charge in [-0.25, -0.2) is 4.39 Å². The number of piperazine rings is 1. The molecule has 0 unspecified atom stereocenters. The van der Waals surface area contributed by atoms with Crippen molar-refractivity contribution in [3.8, 4) is 0 Å². The van der Waals surface area contributed by atoms with E-state index < -0.39 is 0 Å². The number of amides is 2. The van der Waals surface area contributed by atoms with Gasteiger partial charge in [0.05, 0.1) is 5.57 Å². The molecule has 2 aliphatic rings. The van der Waals surface area contributed by atoms with Crippen molar-refractivity contribution in [1.82, 2.24) is 14.7 Å². The lowest BCUT2D eigenvalue weighted by Crippen LogP contribution is -2.46. The first-order valence-electron chi connectivity index (χ1n) is 10.4. The molecule has 1 fully saturated rings. The van der Waals surface area contributed by atoms with Crippen molar-refractivity contribution in [1.29, 1.82) is 0 Å². The second-order valence-corrected chi connectivity index (χ2v) is 7.60. The lowest BCUT2D eigenvalue weighted by molar-refractivity contribution is -0.137. The van der Waals surface area contributed by atoms with Gasteiger partial charge in [0.2, 0.25) is 0 Å². The molecule has 29 heavy (non-hydrogen) atoms. The van der Waals surface area contributed by atoms with Crippen molar-refractivity contribution in [2.24, 2.45) is 0 Å². The van der Waals surface area contributed by atoms with Crippen molar-refractivity contribution in [3.63, 3.8) is 0 Å². The highest BCUT2D eigenvalue weighted by Crippen LogP contribution is 2.32. The molecular weight excluding hydrogens is 373 g/mol. The minimum atomic E-state index is -0.367. The zero-order valence-electron chi connectivity index (χ0n) is 17.3. The van der Waals surface area contributed by atoms with Gasteiger partial charge in [-0.15, -0.1) is 0 Å². The van der Waals surface area contributed by atoms with Crippen LogP contribution in [0.25, 0.3) is 5.57 Å². The number of hydrogen-bond acceptors (Lipinski definition) is 5.